The first-order valence-electron chi connectivity index (χ1n) is 8.24. The van der Waals surface area contributed by atoms with Crippen LogP contribution in [0.3, 0.4) is 0 Å². The lowest BCUT2D eigenvalue weighted by Crippen LogP contribution is -2.44. The number of esters is 1. The van der Waals surface area contributed by atoms with Gasteiger partial charge in [-0.15, -0.1) is 0 Å². The average molecular weight is 315 g/mol. The molecule has 0 atom stereocenters. The van der Waals surface area contributed by atoms with E-state index in [1.165, 1.54) is 5.56 Å². The Morgan fingerprint density at radius 3 is 3.00 bits per heavy atom. The number of carbonyl (C=O) groups excluding carboxylic acids is 1. The first-order valence-corrected chi connectivity index (χ1v) is 8.24. The van der Waals surface area contributed by atoms with Gasteiger partial charge in [0.1, 0.15) is 5.76 Å². The summed E-state index contributed by atoms with van der Waals surface area (Å²) in [4.78, 5) is 12.0. The number of carbonyl (C=O) groups is 1. The van der Waals surface area contributed by atoms with Crippen LogP contribution < -0.4 is 5.32 Å². The molecule has 4 rings (SSSR count). The molecule has 1 saturated heterocycles. The van der Waals surface area contributed by atoms with Crippen LogP contribution in [0.4, 0.5) is 0 Å². The van der Waals surface area contributed by atoms with Crippen molar-refractivity contribution < 1.29 is 13.9 Å². The zero-order chi connectivity index (χ0) is 16.0. The third kappa shape index (κ3) is 2.37. The molecule has 0 radical (unpaired) electrons. The average Bonchev–Trinajstić information content (AvgIpc) is 3.04. The number of nitrogens with zero attached hydrogens (tertiary/aromatic N) is 2. The molecule has 1 fully saturated rings. The van der Waals surface area contributed by atoms with Crippen molar-refractivity contribution in [2.75, 3.05) is 19.7 Å². The van der Waals surface area contributed by atoms with E-state index in [0.29, 0.717) is 18.3 Å². The van der Waals surface area contributed by atoms with E-state index < -0.39 is 0 Å². The summed E-state index contributed by atoms with van der Waals surface area (Å²) in [5.74, 6) is 1.45. The number of nitrogens with one attached hydrogen (secondary N) is 1. The van der Waals surface area contributed by atoms with Crippen molar-refractivity contribution in [3.05, 3.63) is 28.8 Å². The van der Waals surface area contributed by atoms with E-state index in [-0.39, 0.29) is 5.97 Å². The molecule has 2 aromatic rings. The molecule has 3 heterocycles. The van der Waals surface area contributed by atoms with Crippen LogP contribution in [-0.2, 0) is 24.1 Å². The summed E-state index contributed by atoms with van der Waals surface area (Å²) in [7, 11) is 0. The Kier molecular flexibility index (Phi) is 3.49. The minimum absolute atomic E-state index is 0.322. The van der Waals surface area contributed by atoms with Gasteiger partial charge in [-0.05, 0) is 25.8 Å². The van der Waals surface area contributed by atoms with Crippen molar-refractivity contribution in [3.63, 3.8) is 0 Å². The van der Waals surface area contributed by atoms with Crippen molar-refractivity contribution >= 4 is 5.97 Å². The molecule has 1 N–H and O–H groups in total. The molecule has 0 bridgehead atoms. The third-order valence-electron chi connectivity index (χ3n) is 4.69. The van der Waals surface area contributed by atoms with Crippen LogP contribution >= 0.6 is 0 Å². The van der Waals surface area contributed by atoms with Crippen molar-refractivity contribution in [2.45, 2.75) is 33.2 Å². The highest BCUT2D eigenvalue weighted by Crippen LogP contribution is 2.38. The molecular weight excluding hydrogens is 294 g/mol. The van der Waals surface area contributed by atoms with Gasteiger partial charge in [0.25, 0.3) is 0 Å². The van der Waals surface area contributed by atoms with Crippen LogP contribution in [0.1, 0.15) is 34.4 Å². The Bertz CT molecular complexity index is 755. The van der Waals surface area contributed by atoms with Gasteiger partial charge < -0.3 is 14.5 Å². The quantitative estimate of drug-likeness (QED) is 0.873. The summed E-state index contributed by atoms with van der Waals surface area (Å²) in [5, 5.41) is 8.06. The minimum atomic E-state index is -0.388. The van der Waals surface area contributed by atoms with Gasteiger partial charge in [0.2, 0.25) is 5.76 Å². The number of ether oxygens (including phenoxy) is 1. The van der Waals surface area contributed by atoms with E-state index in [1.807, 2.05) is 11.6 Å². The molecular formula is C17H21N3O3. The van der Waals surface area contributed by atoms with Gasteiger partial charge in [-0.2, -0.15) is 5.10 Å². The summed E-state index contributed by atoms with van der Waals surface area (Å²) < 4.78 is 12.9. The molecule has 0 unspecified atom stereocenters. The van der Waals surface area contributed by atoms with Gasteiger partial charge in [0, 0.05) is 49.3 Å². The topological polar surface area (TPSA) is 69.3 Å². The Morgan fingerprint density at radius 1 is 1.48 bits per heavy atom. The minimum Gasteiger partial charge on any atom is -0.460 e. The summed E-state index contributed by atoms with van der Waals surface area (Å²) >= 11 is 0. The molecule has 2 aliphatic rings. The fourth-order valence-corrected chi connectivity index (χ4v) is 3.39. The largest absolute Gasteiger partial charge is 0.460 e. The summed E-state index contributed by atoms with van der Waals surface area (Å²) in [6, 6.07) is 0. The Labute approximate surface area is 134 Å². The van der Waals surface area contributed by atoms with Crippen LogP contribution in [-0.4, -0.2) is 35.4 Å². The molecule has 122 valence electrons. The third-order valence-corrected chi connectivity index (χ3v) is 4.69. The van der Waals surface area contributed by atoms with E-state index in [0.717, 1.165) is 55.1 Å². The Balaban J connectivity index is 1.69. The van der Waals surface area contributed by atoms with Crippen molar-refractivity contribution in [3.8, 4) is 11.3 Å². The summed E-state index contributed by atoms with van der Waals surface area (Å²) in [5.41, 5.74) is 4.04. The maximum atomic E-state index is 12.0. The first kappa shape index (κ1) is 14.5. The fourth-order valence-electron chi connectivity index (χ4n) is 3.39. The number of hydrogen-bond donors (Lipinski definition) is 1. The molecule has 6 nitrogen and oxygen atoms in total. The zero-order valence-electron chi connectivity index (χ0n) is 13.5. The molecule has 0 aromatic carbocycles. The van der Waals surface area contributed by atoms with Gasteiger partial charge >= 0.3 is 5.97 Å². The maximum absolute atomic E-state index is 12.0. The van der Waals surface area contributed by atoms with Crippen LogP contribution in [0.25, 0.3) is 11.3 Å². The van der Waals surface area contributed by atoms with Gasteiger partial charge in [0.15, 0.2) is 0 Å². The predicted molar refractivity (Wildman–Crippen MR) is 84.4 cm³/mol. The van der Waals surface area contributed by atoms with Gasteiger partial charge in [0.05, 0.1) is 12.3 Å². The van der Waals surface area contributed by atoms with Crippen LogP contribution in [0.2, 0.25) is 0 Å². The molecule has 0 amide bonds. The lowest BCUT2D eigenvalue weighted by molar-refractivity contribution is 0.0487. The number of furan rings is 1. The second-order valence-electron chi connectivity index (χ2n) is 6.32. The highest BCUT2D eigenvalue weighted by Gasteiger charge is 2.30. The fraction of sp³-hybridized carbons (Fsp3) is 0.529. The van der Waals surface area contributed by atoms with E-state index in [1.54, 1.807) is 6.92 Å². The second-order valence-corrected chi connectivity index (χ2v) is 6.32. The van der Waals surface area contributed by atoms with E-state index in [4.69, 9.17) is 14.3 Å². The standard InChI is InChI=1S/C17H21N3O3/c1-3-22-17(21)16-10(2)14-13(23-16)5-4-12-9-20(19-15(12)14)8-11-6-18-7-11/h9,11,18H,3-8H2,1-2H3. The van der Waals surface area contributed by atoms with Crippen molar-refractivity contribution in [2.24, 2.45) is 5.92 Å². The van der Waals surface area contributed by atoms with Crippen molar-refractivity contribution in [1.29, 1.82) is 0 Å². The molecule has 1 aliphatic heterocycles. The predicted octanol–water partition coefficient (Wildman–Crippen LogP) is 1.95. The lowest BCUT2D eigenvalue weighted by atomic mass is 9.94. The summed E-state index contributed by atoms with van der Waals surface area (Å²) in [6.07, 6.45) is 3.85. The molecule has 0 saturated carbocycles. The smallest absolute Gasteiger partial charge is 0.374 e. The zero-order valence-corrected chi connectivity index (χ0v) is 13.5. The Hall–Kier alpha value is -2.08. The van der Waals surface area contributed by atoms with Gasteiger partial charge in [-0.25, -0.2) is 4.79 Å². The number of aromatic nitrogens is 2. The highest BCUT2D eigenvalue weighted by atomic mass is 16.5. The van der Waals surface area contributed by atoms with E-state index in [9.17, 15) is 4.79 Å². The van der Waals surface area contributed by atoms with Crippen LogP contribution in [0.5, 0.6) is 0 Å². The Morgan fingerprint density at radius 2 is 2.30 bits per heavy atom. The molecule has 6 heteroatoms. The molecule has 1 aliphatic carbocycles. The first-order chi connectivity index (χ1) is 11.2. The van der Waals surface area contributed by atoms with Crippen LogP contribution in [0.15, 0.2) is 10.6 Å². The number of rotatable bonds is 4. The van der Waals surface area contributed by atoms with Crippen molar-refractivity contribution in [1.82, 2.24) is 15.1 Å². The normalized spacial score (nSPS) is 16.6. The van der Waals surface area contributed by atoms with E-state index >= 15 is 0 Å². The lowest BCUT2D eigenvalue weighted by Gasteiger charge is -2.26. The van der Waals surface area contributed by atoms with Gasteiger partial charge in [-0.1, -0.05) is 0 Å². The molecule has 2 aromatic heterocycles. The second kappa shape index (κ2) is 5.53. The SMILES string of the molecule is CCOC(=O)c1oc2c(c1C)-c1nn(CC3CNC3)cc1CC2. The number of hydrogen-bond acceptors (Lipinski definition) is 5. The van der Waals surface area contributed by atoms with Gasteiger partial charge in [-0.3, -0.25) is 4.68 Å². The number of aryl methyl sites for hydroxylation is 2. The van der Waals surface area contributed by atoms with Crippen LogP contribution in [0, 0.1) is 12.8 Å². The maximum Gasteiger partial charge on any atom is 0.374 e. The number of fused-ring (bicyclic) bond motifs is 3. The monoisotopic (exact) mass is 315 g/mol. The van der Waals surface area contributed by atoms with E-state index in [2.05, 4.69) is 11.5 Å². The molecule has 23 heavy (non-hydrogen) atoms. The summed E-state index contributed by atoms with van der Waals surface area (Å²) in [6.45, 7) is 7.13. The highest BCUT2D eigenvalue weighted by molar-refractivity contribution is 5.91. The molecule has 0 spiro atoms.